The lowest BCUT2D eigenvalue weighted by molar-refractivity contribution is 0.144. The smallest absolute Gasteiger partial charge is 0.404 e. The van der Waals surface area contributed by atoms with Crippen molar-refractivity contribution in [3.05, 3.63) is 30.0 Å². The maximum atomic E-state index is 10.8. The van der Waals surface area contributed by atoms with Crippen molar-refractivity contribution in [2.45, 2.75) is 36.2 Å². The highest BCUT2D eigenvalue weighted by Crippen LogP contribution is 2.37. The Balaban J connectivity index is 1.52. The Morgan fingerprint density at radius 1 is 1.38 bits per heavy atom. The monoisotopic (exact) mass is 373 g/mol. The zero-order chi connectivity index (χ0) is 18.1. The van der Waals surface area contributed by atoms with Gasteiger partial charge in [-0.05, 0) is 43.0 Å². The van der Waals surface area contributed by atoms with Crippen molar-refractivity contribution in [3.63, 3.8) is 0 Å². The van der Waals surface area contributed by atoms with Crippen molar-refractivity contribution in [1.29, 1.82) is 0 Å². The van der Waals surface area contributed by atoms with E-state index in [1.165, 1.54) is 15.8 Å². The van der Waals surface area contributed by atoms with Gasteiger partial charge in [0.05, 0.1) is 12.6 Å². The zero-order valence-electron chi connectivity index (χ0n) is 14.8. The van der Waals surface area contributed by atoms with Crippen LogP contribution in [-0.4, -0.2) is 59.1 Å². The van der Waals surface area contributed by atoms with E-state index in [2.05, 4.69) is 21.3 Å². The third kappa shape index (κ3) is 3.46. The molecule has 1 amide bonds. The number of pyridine rings is 1. The number of rotatable bonds is 3. The van der Waals surface area contributed by atoms with E-state index in [1.54, 1.807) is 7.11 Å². The van der Waals surface area contributed by atoms with Gasteiger partial charge >= 0.3 is 6.09 Å². The minimum absolute atomic E-state index is 0.0848. The summed E-state index contributed by atoms with van der Waals surface area (Å²) in [7, 11) is 1.69. The number of carbonyl (C=O) groups is 1. The van der Waals surface area contributed by atoms with Gasteiger partial charge in [0.1, 0.15) is 5.75 Å². The Kier molecular flexibility index (Phi) is 4.91. The molecule has 1 unspecified atom stereocenters. The van der Waals surface area contributed by atoms with Crippen LogP contribution in [0.2, 0.25) is 0 Å². The number of ether oxygens (including phenoxy) is 1. The van der Waals surface area contributed by atoms with Gasteiger partial charge in [-0.1, -0.05) is 0 Å². The Labute approximate surface area is 156 Å². The minimum atomic E-state index is -0.918. The van der Waals surface area contributed by atoms with Gasteiger partial charge in [-0.2, -0.15) is 0 Å². The van der Waals surface area contributed by atoms with Crippen LogP contribution in [0.1, 0.15) is 18.4 Å². The fourth-order valence-corrected chi connectivity index (χ4v) is 5.16. The first-order valence-electron chi connectivity index (χ1n) is 8.96. The second-order valence-corrected chi connectivity index (χ2v) is 7.97. The number of piperidine rings is 1. The van der Waals surface area contributed by atoms with Crippen LogP contribution < -0.4 is 10.1 Å². The van der Waals surface area contributed by atoms with E-state index in [0.29, 0.717) is 6.04 Å². The SMILES string of the molecule is COc1ccc2ncc3c(c2c1)CC(N1CCC(NC(=O)O)CC1)CS3. The summed E-state index contributed by atoms with van der Waals surface area (Å²) in [5.74, 6) is 1.92. The lowest BCUT2D eigenvalue weighted by Gasteiger charge is -2.39. The molecule has 4 rings (SSSR count). The number of carboxylic acid groups (broad SMARTS) is 1. The molecule has 1 atom stereocenters. The largest absolute Gasteiger partial charge is 0.497 e. The molecule has 0 spiro atoms. The number of fused-ring (bicyclic) bond motifs is 3. The highest BCUT2D eigenvalue weighted by Gasteiger charge is 2.30. The summed E-state index contributed by atoms with van der Waals surface area (Å²) in [5, 5.41) is 12.7. The van der Waals surface area contributed by atoms with Gasteiger partial charge in [-0.15, -0.1) is 11.8 Å². The zero-order valence-corrected chi connectivity index (χ0v) is 15.6. The lowest BCUT2D eigenvalue weighted by atomic mass is 9.98. The second-order valence-electron chi connectivity index (χ2n) is 6.91. The molecule has 0 saturated carbocycles. The lowest BCUT2D eigenvalue weighted by Crippen LogP contribution is -2.49. The summed E-state index contributed by atoms with van der Waals surface area (Å²) in [4.78, 5) is 19.2. The van der Waals surface area contributed by atoms with Crippen molar-refractivity contribution in [2.24, 2.45) is 0 Å². The van der Waals surface area contributed by atoms with Gasteiger partial charge in [0.15, 0.2) is 0 Å². The number of nitrogens with zero attached hydrogens (tertiary/aromatic N) is 2. The molecule has 3 heterocycles. The van der Waals surface area contributed by atoms with E-state index >= 15 is 0 Å². The predicted molar refractivity (Wildman–Crippen MR) is 102 cm³/mol. The molecule has 2 N–H and O–H groups in total. The molecule has 1 aromatic heterocycles. The summed E-state index contributed by atoms with van der Waals surface area (Å²) in [6.07, 6.45) is 3.84. The second kappa shape index (κ2) is 7.32. The number of hydrogen-bond acceptors (Lipinski definition) is 5. The highest BCUT2D eigenvalue weighted by molar-refractivity contribution is 7.99. The Bertz CT molecular complexity index is 816. The van der Waals surface area contributed by atoms with Gasteiger partial charge in [0, 0.05) is 47.4 Å². The number of hydrogen-bond donors (Lipinski definition) is 2. The first kappa shape index (κ1) is 17.4. The molecule has 1 fully saturated rings. The van der Waals surface area contributed by atoms with Gasteiger partial charge in [-0.3, -0.25) is 9.88 Å². The van der Waals surface area contributed by atoms with E-state index in [0.717, 1.165) is 49.4 Å². The van der Waals surface area contributed by atoms with Crippen molar-refractivity contribution < 1.29 is 14.6 Å². The van der Waals surface area contributed by atoms with Crippen molar-refractivity contribution >= 4 is 28.8 Å². The number of methoxy groups -OCH3 is 1. The average Bonchev–Trinajstić information content (AvgIpc) is 2.67. The van der Waals surface area contributed by atoms with Crippen LogP contribution in [-0.2, 0) is 6.42 Å². The summed E-state index contributed by atoms with van der Waals surface area (Å²) < 4.78 is 5.40. The van der Waals surface area contributed by atoms with E-state index in [4.69, 9.17) is 9.84 Å². The number of likely N-dealkylation sites (tertiary alicyclic amines) is 1. The molecular formula is C19H23N3O3S. The number of aromatic nitrogens is 1. The molecule has 0 aliphatic carbocycles. The third-order valence-electron chi connectivity index (χ3n) is 5.39. The van der Waals surface area contributed by atoms with Crippen LogP contribution in [0, 0.1) is 0 Å². The van der Waals surface area contributed by atoms with E-state index in [1.807, 2.05) is 30.1 Å². The number of amides is 1. The summed E-state index contributed by atoms with van der Waals surface area (Å²) in [6, 6.07) is 6.63. The quantitative estimate of drug-likeness (QED) is 0.862. The van der Waals surface area contributed by atoms with Crippen LogP contribution in [0.3, 0.4) is 0 Å². The molecule has 6 nitrogen and oxygen atoms in total. The first-order valence-corrected chi connectivity index (χ1v) is 9.94. The van der Waals surface area contributed by atoms with Crippen molar-refractivity contribution in [1.82, 2.24) is 15.2 Å². The first-order chi connectivity index (χ1) is 12.6. The van der Waals surface area contributed by atoms with Crippen LogP contribution in [0.15, 0.2) is 29.3 Å². The van der Waals surface area contributed by atoms with Crippen LogP contribution >= 0.6 is 11.8 Å². The normalized spacial score (nSPS) is 21.3. The molecule has 2 aliphatic rings. The Hall–Kier alpha value is -1.99. The van der Waals surface area contributed by atoms with Crippen LogP contribution in [0.5, 0.6) is 5.75 Å². The van der Waals surface area contributed by atoms with E-state index in [-0.39, 0.29) is 6.04 Å². The molecule has 26 heavy (non-hydrogen) atoms. The molecule has 1 aromatic carbocycles. The van der Waals surface area contributed by atoms with E-state index in [9.17, 15) is 4.79 Å². The van der Waals surface area contributed by atoms with E-state index < -0.39 is 6.09 Å². The maximum Gasteiger partial charge on any atom is 0.404 e. The Morgan fingerprint density at radius 3 is 2.92 bits per heavy atom. The van der Waals surface area contributed by atoms with Gasteiger partial charge in [0.2, 0.25) is 0 Å². The van der Waals surface area contributed by atoms with Crippen LogP contribution in [0.25, 0.3) is 10.9 Å². The molecule has 2 aromatic rings. The number of benzene rings is 1. The standard InChI is InChI=1S/C19H23N3O3S/c1-25-14-2-3-17-15(9-14)16-8-13(11-26-18(16)10-20-17)22-6-4-12(5-7-22)21-19(23)24/h2-3,9-10,12-13,21H,4-8,11H2,1H3,(H,23,24). The minimum Gasteiger partial charge on any atom is -0.497 e. The van der Waals surface area contributed by atoms with Crippen molar-refractivity contribution in [2.75, 3.05) is 26.0 Å². The van der Waals surface area contributed by atoms with Gasteiger partial charge in [0.25, 0.3) is 0 Å². The summed E-state index contributed by atoms with van der Waals surface area (Å²) in [6.45, 7) is 1.88. The Morgan fingerprint density at radius 2 is 2.19 bits per heavy atom. The average molecular weight is 373 g/mol. The van der Waals surface area contributed by atoms with Crippen molar-refractivity contribution in [3.8, 4) is 5.75 Å². The molecule has 138 valence electrons. The molecule has 0 bridgehead atoms. The third-order valence-corrected chi connectivity index (χ3v) is 6.61. The summed E-state index contributed by atoms with van der Waals surface area (Å²) in [5.41, 5.74) is 2.37. The van der Waals surface area contributed by atoms with Gasteiger partial charge < -0.3 is 15.2 Å². The fraction of sp³-hybridized carbons (Fsp3) is 0.474. The van der Waals surface area contributed by atoms with Crippen LogP contribution in [0.4, 0.5) is 4.79 Å². The molecular weight excluding hydrogens is 350 g/mol. The molecule has 0 radical (unpaired) electrons. The molecule has 7 heteroatoms. The number of nitrogens with one attached hydrogen (secondary N) is 1. The topological polar surface area (TPSA) is 74.7 Å². The highest BCUT2D eigenvalue weighted by atomic mass is 32.2. The number of thioether (sulfide) groups is 1. The maximum absolute atomic E-state index is 10.8. The van der Waals surface area contributed by atoms with Gasteiger partial charge in [-0.25, -0.2) is 4.79 Å². The molecule has 1 saturated heterocycles. The summed E-state index contributed by atoms with van der Waals surface area (Å²) >= 11 is 1.88. The fourth-order valence-electron chi connectivity index (χ4n) is 3.97. The molecule has 2 aliphatic heterocycles. The predicted octanol–water partition coefficient (Wildman–Crippen LogP) is 2.99.